The zero-order valence-corrected chi connectivity index (χ0v) is 10.1. The summed E-state index contributed by atoms with van der Waals surface area (Å²) in [5.74, 6) is 0.779. The predicted octanol–water partition coefficient (Wildman–Crippen LogP) is 1.69. The number of benzene rings is 1. The van der Waals surface area contributed by atoms with Gasteiger partial charge in [0, 0.05) is 29.2 Å². The largest absolute Gasteiger partial charge is 0.370 e. The summed E-state index contributed by atoms with van der Waals surface area (Å²) in [6, 6.07) is 8.87. The van der Waals surface area contributed by atoms with Gasteiger partial charge >= 0.3 is 0 Å². The number of nitrogens with one attached hydrogen (secondary N) is 1. The molecule has 1 aliphatic heterocycles. The van der Waals surface area contributed by atoms with Crippen molar-refractivity contribution in [3.63, 3.8) is 0 Å². The quantitative estimate of drug-likeness (QED) is 0.836. The van der Waals surface area contributed by atoms with Gasteiger partial charge in [-0.1, -0.05) is 18.2 Å². The number of fused-ring (bicyclic) bond motifs is 1. The molecule has 0 aliphatic carbocycles. The second-order valence-electron chi connectivity index (χ2n) is 4.14. The van der Waals surface area contributed by atoms with Crippen LogP contribution in [0, 0.1) is 0 Å². The van der Waals surface area contributed by atoms with E-state index in [4.69, 9.17) is 5.73 Å². The molecule has 1 heterocycles. The van der Waals surface area contributed by atoms with E-state index in [-0.39, 0.29) is 11.9 Å². The molecule has 0 fully saturated rings. The maximum atomic E-state index is 10.8. The number of thioether (sulfide) groups is 1. The Morgan fingerprint density at radius 1 is 1.62 bits per heavy atom. The summed E-state index contributed by atoms with van der Waals surface area (Å²) < 4.78 is 0. The molecule has 2 atom stereocenters. The normalized spacial score (nSPS) is 20.4. The Labute approximate surface area is 99.8 Å². The van der Waals surface area contributed by atoms with Crippen molar-refractivity contribution in [3.05, 3.63) is 29.8 Å². The first kappa shape index (κ1) is 11.5. The monoisotopic (exact) mass is 236 g/mol. The summed E-state index contributed by atoms with van der Waals surface area (Å²) in [4.78, 5) is 12.1. The molecule has 1 aliphatic rings. The number of hydrogen-bond acceptors (Lipinski definition) is 3. The van der Waals surface area contributed by atoms with Gasteiger partial charge in [0.1, 0.15) is 0 Å². The van der Waals surface area contributed by atoms with Crippen molar-refractivity contribution >= 4 is 17.7 Å². The van der Waals surface area contributed by atoms with E-state index in [1.807, 2.05) is 18.7 Å². The van der Waals surface area contributed by atoms with Crippen LogP contribution in [0.5, 0.6) is 0 Å². The second kappa shape index (κ2) is 4.89. The molecule has 0 aromatic heterocycles. The number of amides is 1. The Balaban J connectivity index is 2.00. The fourth-order valence-corrected chi connectivity index (χ4v) is 3.18. The van der Waals surface area contributed by atoms with Crippen LogP contribution in [0.2, 0.25) is 0 Å². The van der Waals surface area contributed by atoms with Gasteiger partial charge in [-0.05, 0) is 18.6 Å². The smallest absolute Gasteiger partial charge is 0.218 e. The van der Waals surface area contributed by atoms with Gasteiger partial charge in [0.05, 0.1) is 0 Å². The number of carbonyl (C=O) groups is 1. The summed E-state index contributed by atoms with van der Waals surface area (Å²) in [5.41, 5.74) is 6.51. The van der Waals surface area contributed by atoms with Crippen molar-refractivity contribution in [1.29, 1.82) is 0 Å². The van der Waals surface area contributed by atoms with E-state index in [1.54, 1.807) is 0 Å². The van der Waals surface area contributed by atoms with E-state index >= 15 is 0 Å². The Hall–Kier alpha value is -1.00. The SMILES string of the molecule is CC(CC(N)=O)NC1CSc2ccccc21. The Bertz CT molecular complexity index is 394. The van der Waals surface area contributed by atoms with Crippen molar-refractivity contribution in [2.45, 2.75) is 30.3 Å². The topological polar surface area (TPSA) is 55.1 Å². The molecular weight excluding hydrogens is 220 g/mol. The summed E-state index contributed by atoms with van der Waals surface area (Å²) in [5, 5.41) is 3.44. The zero-order valence-electron chi connectivity index (χ0n) is 9.27. The van der Waals surface area contributed by atoms with Crippen LogP contribution in [0.15, 0.2) is 29.2 Å². The lowest BCUT2D eigenvalue weighted by atomic mass is 10.1. The standard InChI is InChI=1S/C12H16N2OS/c1-8(6-12(13)15)14-10-7-16-11-5-3-2-4-9(10)11/h2-5,8,10,14H,6-7H2,1H3,(H2,13,15). The molecule has 0 bridgehead atoms. The molecule has 1 aromatic rings. The molecule has 0 radical (unpaired) electrons. The third kappa shape index (κ3) is 2.57. The van der Waals surface area contributed by atoms with Gasteiger partial charge in [0.2, 0.25) is 5.91 Å². The van der Waals surface area contributed by atoms with E-state index < -0.39 is 0 Å². The number of carbonyl (C=O) groups excluding carboxylic acids is 1. The molecule has 1 aromatic carbocycles. The third-order valence-electron chi connectivity index (χ3n) is 2.69. The van der Waals surface area contributed by atoms with Crippen molar-refractivity contribution in [2.75, 3.05) is 5.75 Å². The Morgan fingerprint density at radius 3 is 3.12 bits per heavy atom. The van der Waals surface area contributed by atoms with Crippen molar-refractivity contribution < 1.29 is 4.79 Å². The van der Waals surface area contributed by atoms with Gasteiger partial charge < -0.3 is 11.1 Å². The minimum Gasteiger partial charge on any atom is -0.370 e. The van der Waals surface area contributed by atoms with Crippen LogP contribution in [0.25, 0.3) is 0 Å². The fraction of sp³-hybridized carbons (Fsp3) is 0.417. The zero-order chi connectivity index (χ0) is 11.5. The Morgan fingerprint density at radius 2 is 2.38 bits per heavy atom. The van der Waals surface area contributed by atoms with Crippen LogP contribution in [0.4, 0.5) is 0 Å². The minimum absolute atomic E-state index is 0.134. The first-order chi connectivity index (χ1) is 7.66. The Kier molecular flexibility index (Phi) is 3.51. The average molecular weight is 236 g/mol. The van der Waals surface area contributed by atoms with Crippen molar-refractivity contribution in [3.8, 4) is 0 Å². The fourth-order valence-electron chi connectivity index (χ4n) is 2.00. The maximum Gasteiger partial charge on any atom is 0.218 e. The molecule has 4 heteroatoms. The van der Waals surface area contributed by atoms with Gasteiger partial charge in [-0.3, -0.25) is 4.79 Å². The predicted molar refractivity (Wildman–Crippen MR) is 66.3 cm³/mol. The van der Waals surface area contributed by atoms with Gasteiger partial charge in [0.15, 0.2) is 0 Å². The highest BCUT2D eigenvalue weighted by atomic mass is 32.2. The molecule has 3 N–H and O–H groups in total. The summed E-state index contributed by atoms with van der Waals surface area (Å²) >= 11 is 1.86. The minimum atomic E-state index is -0.251. The lowest BCUT2D eigenvalue weighted by Crippen LogP contribution is -2.34. The highest BCUT2D eigenvalue weighted by Crippen LogP contribution is 2.37. The summed E-state index contributed by atoms with van der Waals surface area (Å²) in [6.45, 7) is 2.00. The average Bonchev–Trinajstić information content (AvgIpc) is 2.61. The third-order valence-corrected chi connectivity index (χ3v) is 3.88. The van der Waals surface area contributed by atoms with Crippen LogP contribution in [-0.2, 0) is 4.79 Å². The molecule has 0 saturated heterocycles. The molecule has 0 spiro atoms. The van der Waals surface area contributed by atoms with Crippen molar-refractivity contribution in [2.24, 2.45) is 5.73 Å². The molecule has 3 nitrogen and oxygen atoms in total. The van der Waals surface area contributed by atoms with Gasteiger partial charge in [0.25, 0.3) is 0 Å². The lowest BCUT2D eigenvalue weighted by molar-refractivity contribution is -0.118. The second-order valence-corrected chi connectivity index (χ2v) is 5.20. The maximum absolute atomic E-state index is 10.8. The molecule has 1 amide bonds. The number of nitrogens with two attached hydrogens (primary N) is 1. The molecule has 0 saturated carbocycles. The molecule has 2 unspecified atom stereocenters. The summed E-state index contributed by atoms with van der Waals surface area (Å²) in [7, 11) is 0. The summed E-state index contributed by atoms with van der Waals surface area (Å²) in [6.07, 6.45) is 0.392. The van der Waals surface area contributed by atoms with E-state index in [2.05, 4.69) is 29.6 Å². The number of rotatable bonds is 4. The van der Waals surface area contributed by atoms with E-state index in [0.717, 1.165) is 5.75 Å². The van der Waals surface area contributed by atoms with Crippen LogP contribution in [0.1, 0.15) is 24.9 Å². The number of primary amides is 1. The number of hydrogen-bond donors (Lipinski definition) is 2. The van der Waals surface area contributed by atoms with E-state index in [9.17, 15) is 4.79 Å². The van der Waals surface area contributed by atoms with Crippen molar-refractivity contribution in [1.82, 2.24) is 5.32 Å². The van der Waals surface area contributed by atoms with Gasteiger partial charge in [-0.25, -0.2) is 0 Å². The molecular formula is C12H16N2OS. The first-order valence-corrected chi connectivity index (χ1v) is 6.41. The van der Waals surface area contributed by atoms with Crippen LogP contribution < -0.4 is 11.1 Å². The molecule has 16 heavy (non-hydrogen) atoms. The molecule has 2 rings (SSSR count). The van der Waals surface area contributed by atoms with Crippen LogP contribution >= 0.6 is 11.8 Å². The van der Waals surface area contributed by atoms with Crippen LogP contribution in [0.3, 0.4) is 0 Å². The lowest BCUT2D eigenvalue weighted by Gasteiger charge is -2.18. The van der Waals surface area contributed by atoms with Gasteiger partial charge in [-0.2, -0.15) is 0 Å². The van der Waals surface area contributed by atoms with Gasteiger partial charge in [-0.15, -0.1) is 11.8 Å². The molecule has 86 valence electrons. The first-order valence-electron chi connectivity index (χ1n) is 5.43. The van der Waals surface area contributed by atoms with E-state index in [0.29, 0.717) is 12.5 Å². The van der Waals surface area contributed by atoms with E-state index in [1.165, 1.54) is 10.5 Å². The highest BCUT2D eigenvalue weighted by Gasteiger charge is 2.23. The highest BCUT2D eigenvalue weighted by molar-refractivity contribution is 7.99. The van der Waals surface area contributed by atoms with Crippen LogP contribution in [-0.4, -0.2) is 17.7 Å².